The number of aliphatic hydroxyl groups excluding tert-OH is 1. The number of nitrogens with two attached hydrogens (primary N) is 1. The summed E-state index contributed by atoms with van der Waals surface area (Å²) in [7, 11) is 0. The molecule has 3 N–H and O–H groups in total. The number of carbonyl (C=O) groups excluding carboxylic acids is 2. The number of hydrogen-bond acceptors (Lipinski definition) is 5. The Morgan fingerprint density at radius 1 is 1.67 bits per heavy atom. The number of aliphatic hydroxyl groups is 1. The summed E-state index contributed by atoms with van der Waals surface area (Å²) in [5, 5.41) is 8.40. The molecule has 0 unspecified atom stereocenters. The van der Waals surface area contributed by atoms with Crippen LogP contribution in [0.25, 0.3) is 0 Å². The molecule has 0 aromatic heterocycles. The second kappa shape index (κ2) is 4.63. The van der Waals surface area contributed by atoms with Gasteiger partial charge in [-0.2, -0.15) is 0 Å². The van der Waals surface area contributed by atoms with Gasteiger partial charge in [0.25, 0.3) is 0 Å². The van der Waals surface area contributed by atoms with Crippen LogP contribution in [0.5, 0.6) is 0 Å². The van der Waals surface area contributed by atoms with Gasteiger partial charge in [0.15, 0.2) is 0 Å². The van der Waals surface area contributed by atoms with Gasteiger partial charge >= 0.3 is 11.9 Å². The number of ether oxygens (including phenoxy) is 1. The number of esters is 2. The van der Waals surface area contributed by atoms with Crippen molar-refractivity contribution in [2.24, 2.45) is 5.73 Å². The molecule has 0 bridgehead atoms. The summed E-state index contributed by atoms with van der Waals surface area (Å²) in [4.78, 5) is 21.4. The second-order valence-corrected chi connectivity index (χ2v) is 2.28. The van der Waals surface area contributed by atoms with E-state index in [-0.39, 0.29) is 5.57 Å². The summed E-state index contributed by atoms with van der Waals surface area (Å²) in [6, 6.07) is -1.17. The summed E-state index contributed by atoms with van der Waals surface area (Å²) in [6.45, 7) is 4.11. The van der Waals surface area contributed by atoms with E-state index in [1.54, 1.807) is 0 Å². The van der Waals surface area contributed by atoms with Gasteiger partial charge in [0.05, 0.1) is 6.61 Å². The zero-order valence-electron chi connectivity index (χ0n) is 6.74. The molecule has 0 spiro atoms. The lowest BCUT2D eigenvalue weighted by Crippen LogP contribution is -2.36. The van der Waals surface area contributed by atoms with Crippen LogP contribution in [-0.2, 0) is 14.3 Å². The average molecular weight is 173 g/mol. The minimum atomic E-state index is -1.17. The van der Waals surface area contributed by atoms with Crippen LogP contribution in [0.2, 0.25) is 0 Å². The third kappa shape index (κ3) is 3.27. The molecule has 0 heterocycles. The quantitative estimate of drug-likeness (QED) is 0.323. The van der Waals surface area contributed by atoms with Crippen LogP contribution in [0, 0.1) is 0 Å². The first-order valence-electron chi connectivity index (χ1n) is 3.27. The van der Waals surface area contributed by atoms with Crippen LogP contribution in [-0.4, -0.2) is 29.7 Å². The van der Waals surface area contributed by atoms with Crippen molar-refractivity contribution in [2.75, 3.05) is 6.61 Å². The molecule has 0 saturated carbocycles. The molecule has 5 nitrogen and oxygen atoms in total. The Labute approximate surface area is 69.8 Å². The first kappa shape index (κ1) is 10.8. The molecule has 0 aliphatic heterocycles. The zero-order chi connectivity index (χ0) is 9.72. The molecule has 68 valence electrons. The lowest BCUT2D eigenvalue weighted by molar-refractivity contribution is -0.158. The summed E-state index contributed by atoms with van der Waals surface area (Å²) in [5.41, 5.74) is 5.16. The predicted octanol–water partition coefficient (Wildman–Crippen LogP) is -1.05. The molecule has 0 fully saturated rings. The molecule has 5 heteroatoms. The smallest absolute Gasteiger partial charge is 0.340 e. The summed E-state index contributed by atoms with van der Waals surface area (Å²) in [6.07, 6.45) is 0. The van der Waals surface area contributed by atoms with Crippen molar-refractivity contribution >= 4 is 11.9 Å². The van der Waals surface area contributed by atoms with E-state index >= 15 is 0 Å². The Hall–Kier alpha value is -1.20. The Morgan fingerprint density at radius 3 is 2.50 bits per heavy atom. The molecular weight excluding hydrogens is 162 g/mol. The Kier molecular flexibility index (Phi) is 4.17. The average Bonchev–Trinajstić information content (AvgIpc) is 2.02. The van der Waals surface area contributed by atoms with Gasteiger partial charge in [-0.25, -0.2) is 9.59 Å². The van der Waals surface area contributed by atoms with Crippen molar-refractivity contribution in [3.63, 3.8) is 0 Å². The third-order valence-corrected chi connectivity index (χ3v) is 1.04. The SMILES string of the molecule is C=C(C)C(=O)OC(=O)[C@@H](N)CO. The van der Waals surface area contributed by atoms with E-state index in [0.717, 1.165) is 0 Å². The molecule has 0 aromatic carbocycles. The second-order valence-electron chi connectivity index (χ2n) is 2.28. The van der Waals surface area contributed by atoms with E-state index in [4.69, 9.17) is 10.8 Å². The fourth-order valence-corrected chi connectivity index (χ4v) is 0.329. The van der Waals surface area contributed by atoms with Gasteiger partial charge in [0.1, 0.15) is 6.04 Å². The standard InChI is InChI=1S/C7H11NO4/c1-4(2)6(10)12-7(11)5(8)3-9/h5,9H,1,3,8H2,2H3/t5-/m0/s1. The molecule has 1 atom stereocenters. The van der Waals surface area contributed by atoms with Crippen molar-refractivity contribution in [2.45, 2.75) is 13.0 Å². The normalized spacial score (nSPS) is 11.9. The van der Waals surface area contributed by atoms with Gasteiger partial charge in [0.2, 0.25) is 0 Å². The topological polar surface area (TPSA) is 89.6 Å². The van der Waals surface area contributed by atoms with Crippen LogP contribution in [0.3, 0.4) is 0 Å². The van der Waals surface area contributed by atoms with Crippen molar-refractivity contribution in [1.29, 1.82) is 0 Å². The fourth-order valence-electron chi connectivity index (χ4n) is 0.329. The highest BCUT2D eigenvalue weighted by Crippen LogP contribution is 1.94. The van der Waals surface area contributed by atoms with Gasteiger partial charge in [-0.1, -0.05) is 6.58 Å². The van der Waals surface area contributed by atoms with Crippen molar-refractivity contribution < 1.29 is 19.4 Å². The third-order valence-electron chi connectivity index (χ3n) is 1.04. The lowest BCUT2D eigenvalue weighted by Gasteiger charge is -2.06. The first-order valence-corrected chi connectivity index (χ1v) is 3.27. The molecule has 0 aromatic rings. The van der Waals surface area contributed by atoms with Gasteiger partial charge in [-0.05, 0) is 6.92 Å². The van der Waals surface area contributed by atoms with Crippen LogP contribution in [0.15, 0.2) is 12.2 Å². The zero-order valence-corrected chi connectivity index (χ0v) is 6.74. The van der Waals surface area contributed by atoms with Gasteiger partial charge in [-0.3, -0.25) is 0 Å². The van der Waals surface area contributed by atoms with Crippen LogP contribution in [0.4, 0.5) is 0 Å². The molecule has 0 aliphatic rings. The molecule has 0 aliphatic carbocycles. The van der Waals surface area contributed by atoms with Gasteiger partial charge in [0, 0.05) is 5.57 Å². The highest BCUT2D eigenvalue weighted by atomic mass is 16.6. The number of rotatable bonds is 3. The van der Waals surface area contributed by atoms with E-state index in [1.165, 1.54) is 6.92 Å². The molecule has 0 rings (SSSR count). The van der Waals surface area contributed by atoms with Crippen LogP contribution in [0.1, 0.15) is 6.92 Å². The van der Waals surface area contributed by atoms with E-state index in [2.05, 4.69) is 11.3 Å². The van der Waals surface area contributed by atoms with E-state index in [0.29, 0.717) is 0 Å². The first-order chi connectivity index (χ1) is 5.49. The molecule has 0 amide bonds. The molecule has 0 saturated heterocycles. The van der Waals surface area contributed by atoms with E-state index in [1.807, 2.05) is 0 Å². The monoisotopic (exact) mass is 173 g/mol. The maximum absolute atomic E-state index is 10.7. The minimum absolute atomic E-state index is 0.105. The molecular formula is C7H11NO4. The maximum Gasteiger partial charge on any atom is 0.340 e. The maximum atomic E-state index is 10.7. The summed E-state index contributed by atoms with van der Waals surface area (Å²) < 4.78 is 4.20. The van der Waals surface area contributed by atoms with Crippen molar-refractivity contribution in [3.8, 4) is 0 Å². The highest BCUT2D eigenvalue weighted by molar-refractivity contribution is 5.96. The van der Waals surface area contributed by atoms with Crippen LogP contribution < -0.4 is 5.73 Å². The molecule has 0 radical (unpaired) electrons. The van der Waals surface area contributed by atoms with Gasteiger partial charge in [-0.15, -0.1) is 0 Å². The Morgan fingerprint density at radius 2 is 2.17 bits per heavy atom. The van der Waals surface area contributed by atoms with Crippen molar-refractivity contribution in [1.82, 2.24) is 0 Å². The Balaban J connectivity index is 4.01. The predicted molar refractivity (Wildman–Crippen MR) is 41.0 cm³/mol. The number of carbonyl (C=O) groups is 2. The van der Waals surface area contributed by atoms with Crippen molar-refractivity contribution in [3.05, 3.63) is 12.2 Å². The van der Waals surface area contributed by atoms with Gasteiger partial charge < -0.3 is 15.6 Å². The summed E-state index contributed by atoms with van der Waals surface area (Å²) in [5.74, 6) is -1.78. The number of hydrogen-bond donors (Lipinski definition) is 2. The minimum Gasteiger partial charge on any atom is -0.394 e. The Bertz CT molecular complexity index is 211. The highest BCUT2D eigenvalue weighted by Gasteiger charge is 2.17. The summed E-state index contributed by atoms with van der Waals surface area (Å²) >= 11 is 0. The molecule has 12 heavy (non-hydrogen) atoms. The van der Waals surface area contributed by atoms with E-state index < -0.39 is 24.6 Å². The largest absolute Gasteiger partial charge is 0.394 e. The lowest BCUT2D eigenvalue weighted by atomic mass is 10.3. The van der Waals surface area contributed by atoms with Crippen LogP contribution >= 0.6 is 0 Å². The van der Waals surface area contributed by atoms with E-state index in [9.17, 15) is 9.59 Å². The fraction of sp³-hybridized carbons (Fsp3) is 0.429.